The van der Waals surface area contributed by atoms with E-state index in [-0.39, 0.29) is 78.8 Å². The monoisotopic (exact) mass is 1590 g/mol. The van der Waals surface area contributed by atoms with E-state index in [0.29, 0.717) is 140 Å². The number of carbonyl (C=O) groups is 6. The third-order valence-electron chi connectivity index (χ3n) is 24.2. The minimum absolute atomic E-state index is 0.0107. The van der Waals surface area contributed by atoms with Crippen molar-refractivity contribution in [1.29, 1.82) is 5.26 Å². The number of thioether (sulfide) groups is 2. The summed E-state index contributed by atoms with van der Waals surface area (Å²) in [4.78, 5) is 83.6. The molecule has 0 radical (unpaired) electrons. The van der Waals surface area contributed by atoms with Crippen LogP contribution in [-0.4, -0.2) is 177 Å². The average molecular weight is 1590 g/mol. The molecule has 14 aliphatic heterocycles. The second-order valence-corrected chi connectivity index (χ2v) is 32.6. The lowest BCUT2D eigenvalue weighted by Crippen LogP contribution is -2.69. The molecule has 14 aliphatic rings. The molecular weight excluding hydrogens is 1500 g/mol. The highest BCUT2D eigenvalue weighted by molar-refractivity contribution is 7.99. The zero-order valence-corrected chi connectivity index (χ0v) is 65.7. The first-order chi connectivity index (χ1) is 54.3. The van der Waals surface area contributed by atoms with Crippen molar-refractivity contribution in [2.24, 2.45) is 0 Å². The summed E-state index contributed by atoms with van der Waals surface area (Å²) in [6.45, 7) is 13.0. The van der Waals surface area contributed by atoms with E-state index < -0.39 is 112 Å². The Morgan fingerprint density at radius 2 is 0.929 bits per heavy atom. The van der Waals surface area contributed by atoms with E-state index in [1.807, 2.05) is 44.7 Å². The molecule has 30 nitrogen and oxygen atoms in total. The molecule has 0 aromatic heterocycles. The Bertz CT molecular complexity index is 5150. The number of hydrogen-bond donors (Lipinski definition) is 7. The van der Waals surface area contributed by atoms with Crippen LogP contribution in [0.2, 0.25) is 0 Å². The van der Waals surface area contributed by atoms with Crippen molar-refractivity contribution < 1.29 is 110 Å². The Balaban J connectivity index is 0.000000164. The molecule has 20 rings (SSSR count). The van der Waals surface area contributed by atoms with Crippen molar-refractivity contribution in [3.05, 3.63) is 125 Å². The molecule has 0 amide bonds. The topological polar surface area (TPSA) is 371 Å². The summed E-state index contributed by atoms with van der Waals surface area (Å²) in [5.41, 5.74) is 8.34. The van der Waals surface area contributed by atoms with Gasteiger partial charge in [-0.2, -0.15) is 5.26 Å². The predicted octanol–water partition coefficient (Wildman–Crippen LogP) is 7.16. The van der Waals surface area contributed by atoms with Crippen LogP contribution in [0.1, 0.15) is 151 Å². The Morgan fingerprint density at radius 1 is 0.513 bits per heavy atom. The summed E-state index contributed by atoms with van der Waals surface area (Å²) in [6, 6.07) is 8.12. The molecule has 6 aromatic rings. The lowest BCUT2D eigenvalue weighted by molar-refractivity contribution is -0.164. The molecule has 594 valence electrons. The number of nitriles is 1. The van der Waals surface area contributed by atoms with Crippen molar-refractivity contribution in [2.75, 3.05) is 79.8 Å². The number of benzene rings is 6. The molecule has 32 heteroatoms. The summed E-state index contributed by atoms with van der Waals surface area (Å²) in [7, 11) is 5.97. The van der Waals surface area contributed by atoms with Gasteiger partial charge in [0.15, 0.2) is 80.1 Å². The normalized spacial score (nSPS) is 28.1. The van der Waals surface area contributed by atoms with Crippen LogP contribution in [0.3, 0.4) is 0 Å². The number of nitrogens with one attached hydrogen (secondary N) is 4. The third kappa shape index (κ3) is 11.7. The van der Waals surface area contributed by atoms with Gasteiger partial charge in [-0.1, -0.05) is 12.1 Å². The minimum Gasteiger partial charge on any atom is -0.504 e. The van der Waals surface area contributed by atoms with Gasteiger partial charge < -0.3 is 92.3 Å². The van der Waals surface area contributed by atoms with Gasteiger partial charge in [-0.3, -0.25) is 39.6 Å². The van der Waals surface area contributed by atoms with Gasteiger partial charge in [0.05, 0.1) is 75.2 Å². The molecule has 8 bridgehead atoms. The van der Waals surface area contributed by atoms with Crippen molar-refractivity contribution in [1.82, 2.24) is 31.1 Å². The lowest BCUT2D eigenvalue weighted by Gasteiger charge is -2.59. The number of fused-ring (bicyclic) bond motifs is 18. The number of hydrogen-bond acceptors (Lipinski definition) is 32. The Hall–Kier alpha value is -9.95. The van der Waals surface area contributed by atoms with Gasteiger partial charge in [0.1, 0.15) is 37.0 Å². The van der Waals surface area contributed by atoms with Gasteiger partial charge in [0.2, 0.25) is 13.6 Å². The smallest absolute Gasteiger partial charge is 0.331 e. The van der Waals surface area contributed by atoms with Crippen molar-refractivity contribution in [3.8, 4) is 86.6 Å². The number of piperazine rings is 2. The fourth-order valence-electron chi connectivity index (χ4n) is 19.8. The molecule has 0 saturated carbocycles. The first-order valence-corrected chi connectivity index (χ1v) is 39.5. The standard InChI is InChI=1S/C41H42N4O11S.C40H43N3O12S/c1-17-9-22-10-24-25(13-42)45-26-14-52-40(49)41(23-12-27(50-5)28(55-19(3)46)11-21(23)7-8-43-41)15-57-39(33(45)32(44-24)29(22)34(48)35(17)51-6)31-30(26)38-37(53-16-54-38)18(2)36(31)56-20(4)47;1-16-9-21-10-23-38(47)43-24-13-51-39(48)40(22-12-25(49-5)26(54-18(3)44)11-20(22)7-8-41-40)14-56-37(31(43)30(42-23)27(21)32(46)33(16)50-6)29-28(24)36-35(52-15-53-36)17(2)34(29)55-19(4)45/h9,11-12,24-26,32-33,39,43-44,48H,7-8,10,14-16H2,1-6H3;9,11-12,23-24,30-31,37-38,41-42,46-47H,7-8,10,13-15H2,1-6H3/t24-,25-,26-,32+,33?,39+,41+;23-,24-,30+,31?,37+,38-,40+/m00/s1. The molecule has 14 heterocycles. The van der Waals surface area contributed by atoms with Gasteiger partial charge >= 0.3 is 35.8 Å². The summed E-state index contributed by atoms with van der Waals surface area (Å²) in [5.74, 6) is 1.21. The van der Waals surface area contributed by atoms with Crippen molar-refractivity contribution in [3.63, 3.8) is 0 Å². The molecule has 113 heavy (non-hydrogen) atoms. The number of phenols is 2. The number of aliphatic hydroxyl groups is 1. The molecule has 14 atom stereocenters. The molecule has 0 aliphatic carbocycles. The quantitative estimate of drug-likeness (QED) is 0.0587. The van der Waals surface area contributed by atoms with Crippen LogP contribution in [0, 0.1) is 39.0 Å². The summed E-state index contributed by atoms with van der Waals surface area (Å²) in [6.07, 6.45) is 0.864. The largest absolute Gasteiger partial charge is 0.504 e. The van der Waals surface area contributed by atoms with Crippen LogP contribution in [0.15, 0.2) is 36.4 Å². The Kier molecular flexibility index (Phi) is 19.1. The SMILES string of the molecule is COc1cc2c(cc1OC(C)=O)CCN[C@]21CS[C@@H]2c3c(OC(C)=O)c(C)c4c(c3[C@H](COC1=O)N1C2[C@@H]2N[C@@H](Cc3cc(C)c(OC)c(O)c32)[C@@H]1C#N)OCO4.COc1cc2c(cc1OC(C)=O)CCN[C@]21CS[C@@H]2c3c(OC(C)=O)c(C)c4c(c3[C@H](COC1=O)N1C2[C@@H]2N[C@@H](Cc3cc(C)c(OC)c(O)c32)[C@@H]1O)OCO4. The van der Waals surface area contributed by atoms with Crippen LogP contribution in [0.5, 0.6) is 80.5 Å². The van der Waals surface area contributed by atoms with Gasteiger partial charge in [0.25, 0.3) is 0 Å². The van der Waals surface area contributed by atoms with Crippen molar-refractivity contribution >= 4 is 59.3 Å². The van der Waals surface area contributed by atoms with Crippen LogP contribution >= 0.6 is 23.5 Å². The maximum atomic E-state index is 14.8. The number of aryl methyl sites for hydroxylation is 2. The van der Waals surface area contributed by atoms with Crippen molar-refractivity contribution in [2.45, 2.75) is 163 Å². The van der Waals surface area contributed by atoms with Crippen LogP contribution in [-0.2, 0) is 75.0 Å². The van der Waals surface area contributed by atoms with Crippen LogP contribution in [0.4, 0.5) is 0 Å². The van der Waals surface area contributed by atoms with E-state index in [0.717, 1.165) is 33.4 Å². The maximum absolute atomic E-state index is 14.8. The first kappa shape index (κ1) is 75.7. The number of aliphatic hydroxyl groups excluding tert-OH is 1. The lowest BCUT2D eigenvalue weighted by atomic mass is 9.72. The molecule has 2 unspecified atom stereocenters. The number of phenolic OH excluding ortho intramolecular Hbond substituents is 2. The van der Waals surface area contributed by atoms with E-state index in [9.17, 15) is 49.3 Å². The second-order valence-electron chi connectivity index (χ2n) is 30.3. The first-order valence-electron chi connectivity index (χ1n) is 37.4. The van der Waals surface area contributed by atoms with Gasteiger partial charge in [-0.15, -0.1) is 23.5 Å². The molecule has 6 aromatic carbocycles. The molecule has 2 spiro atoms. The molecule has 7 N–H and O–H groups in total. The molecular formula is C81H85N7O23S2. The van der Waals surface area contributed by atoms with E-state index >= 15 is 0 Å². The van der Waals surface area contributed by atoms with Gasteiger partial charge in [-0.05, 0) is 122 Å². The highest BCUT2D eigenvalue weighted by Gasteiger charge is 2.63. The van der Waals surface area contributed by atoms with Gasteiger partial charge in [0, 0.05) is 115 Å². The summed E-state index contributed by atoms with van der Waals surface area (Å²) in [5, 5.41) is 60.5. The van der Waals surface area contributed by atoms with Gasteiger partial charge in [-0.25, -0.2) is 9.59 Å². The van der Waals surface area contributed by atoms with E-state index in [1.54, 1.807) is 24.3 Å². The van der Waals surface area contributed by atoms with E-state index in [4.69, 9.17) is 66.3 Å². The van der Waals surface area contributed by atoms with E-state index in [1.165, 1.54) is 79.7 Å². The number of nitrogens with zero attached hydrogens (tertiary/aromatic N) is 3. The predicted molar refractivity (Wildman–Crippen MR) is 403 cm³/mol. The number of methoxy groups -OCH3 is 4. The average Bonchev–Trinajstić information content (AvgIpc) is 1.57. The highest BCUT2D eigenvalue weighted by atomic mass is 32.2. The Morgan fingerprint density at radius 3 is 1.35 bits per heavy atom. The summed E-state index contributed by atoms with van der Waals surface area (Å²) < 4.78 is 83.2. The van der Waals surface area contributed by atoms with Crippen LogP contribution < -0.4 is 78.1 Å². The minimum atomic E-state index is -1.40. The highest BCUT2D eigenvalue weighted by Crippen LogP contribution is 2.67. The zero-order valence-electron chi connectivity index (χ0n) is 64.0. The summed E-state index contributed by atoms with van der Waals surface area (Å²) >= 11 is 2.89. The fraction of sp³-hybridized carbons (Fsp3) is 0.469. The number of ether oxygens (including phenoxy) is 14. The second kappa shape index (κ2) is 28.5. The number of aromatic hydroxyl groups is 2. The number of rotatable bonds is 8. The maximum Gasteiger partial charge on any atom is 0.331 e. The third-order valence-corrected chi connectivity index (χ3v) is 27.1. The zero-order chi connectivity index (χ0) is 79.4. The van der Waals surface area contributed by atoms with E-state index in [2.05, 4.69) is 32.2 Å². The fourth-order valence-corrected chi connectivity index (χ4v) is 23.2. The molecule has 4 saturated heterocycles. The molecule has 4 fully saturated rings. The number of esters is 6. The van der Waals surface area contributed by atoms with Crippen LogP contribution in [0.25, 0.3) is 0 Å². The number of carbonyl (C=O) groups excluding carboxylic acids is 6. The Labute approximate surface area is 657 Å².